The highest BCUT2D eigenvalue weighted by atomic mass is 79.9. The summed E-state index contributed by atoms with van der Waals surface area (Å²) in [6, 6.07) is 2.09. The third-order valence-electron chi connectivity index (χ3n) is 2.61. The number of carbonyl (C=O) groups is 1. The molecule has 0 aromatic carbocycles. The Morgan fingerprint density at radius 3 is 2.76 bits per heavy atom. The van der Waals surface area contributed by atoms with Gasteiger partial charge in [0.2, 0.25) is 0 Å². The Labute approximate surface area is 135 Å². The van der Waals surface area contributed by atoms with E-state index in [1.54, 1.807) is 6.20 Å². The quantitative estimate of drug-likeness (QED) is 0.767. The lowest BCUT2D eigenvalue weighted by molar-refractivity contribution is 0.0506. The number of aromatic nitrogens is 1. The number of nitrogens with one attached hydrogen (secondary N) is 2. The maximum absolute atomic E-state index is 11.6. The lowest BCUT2D eigenvalue weighted by atomic mass is 10.2. The lowest BCUT2D eigenvalue weighted by Crippen LogP contribution is -2.38. The molecule has 1 aromatic heterocycles. The van der Waals surface area contributed by atoms with Crippen LogP contribution in [-0.2, 0) is 11.3 Å². The summed E-state index contributed by atoms with van der Waals surface area (Å²) >= 11 is 3.39. The number of amides is 1. The smallest absolute Gasteiger partial charge is 0.407 e. The zero-order valence-corrected chi connectivity index (χ0v) is 14.7. The molecular weight excluding hydrogens is 334 g/mol. The maximum atomic E-state index is 11.6. The van der Waals surface area contributed by atoms with Crippen LogP contribution in [0.25, 0.3) is 0 Å². The van der Waals surface area contributed by atoms with E-state index in [-0.39, 0.29) is 12.1 Å². The number of hydrogen-bond donors (Lipinski definition) is 2. The number of alkyl carbamates (subject to hydrolysis) is 1. The Morgan fingerprint density at radius 1 is 1.43 bits per heavy atom. The average Bonchev–Trinajstić information content (AvgIpc) is 2.32. The van der Waals surface area contributed by atoms with E-state index in [0.29, 0.717) is 0 Å². The molecule has 1 atom stereocenters. The number of ether oxygens (including phenoxy) is 1. The first-order chi connectivity index (χ1) is 9.76. The summed E-state index contributed by atoms with van der Waals surface area (Å²) in [5.41, 5.74) is 0.660. The first-order valence-electron chi connectivity index (χ1n) is 7.06. The molecule has 0 radical (unpaired) electrons. The molecule has 1 amide bonds. The minimum Gasteiger partial charge on any atom is -0.444 e. The average molecular weight is 358 g/mol. The molecule has 0 fully saturated rings. The lowest BCUT2D eigenvalue weighted by Gasteiger charge is -2.22. The first-order valence-corrected chi connectivity index (χ1v) is 7.85. The first kappa shape index (κ1) is 17.9. The minimum atomic E-state index is -0.463. The Bertz CT molecular complexity index is 460. The second-order valence-corrected chi connectivity index (χ2v) is 6.94. The largest absolute Gasteiger partial charge is 0.444 e. The van der Waals surface area contributed by atoms with Crippen LogP contribution in [0.1, 0.15) is 39.7 Å². The fourth-order valence-electron chi connectivity index (χ4n) is 1.68. The predicted octanol–water partition coefficient (Wildman–Crippen LogP) is 3.24. The fourth-order valence-corrected chi connectivity index (χ4v) is 2.10. The molecule has 0 saturated heterocycles. The van der Waals surface area contributed by atoms with Crippen LogP contribution in [0.4, 0.5) is 4.79 Å². The van der Waals surface area contributed by atoms with Gasteiger partial charge in [0.1, 0.15) is 5.60 Å². The molecule has 0 aliphatic heterocycles. The number of rotatable bonds is 6. The molecule has 0 saturated carbocycles. The van der Waals surface area contributed by atoms with Crippen molar-refractivity contribution in [1.82, 2.24) is 15.6 Å². The van der Waals surface area contributed by atoms with E-state index in [2.05, 4.69) is 31.5 Å². The molecule has 0 bridgehead atoms. The van der Waals surface area contributed by atoms with E-state index in [1.165, 1.54) is 0 Å². The Balaban J connectivity index is 2.19. The number of hydrogen-bond acceptors (Lipinski definition) is 4. The highest BCUT2D eigenvalue weighted by molar-refractivity contribution is 9.10. The Kier molecular flexibility index (Phi) is 7.11. The van der Waals surface area contributed by atoms with E-state index in [0.717, 1.165) is 29.5 Å². The molecule has 0 spiro atoms. The van der Waals surface area contributed by atoms with Gasteiger partial charge in [0.15, 0.2) is 0 Å². The molecule has 1 unspecified atom stereocenters. The van der Waals surface area contributed by atoms with Crippen LogP contribution in [0, 0.1) is 0 Å². The van der Waals surface area contributed by atoms with E-state index in [4.69, 9.17) is 4.74 Å². The van der Waals surface area contributed by atoms with E-state index >= 15 is 0 Å². The second-order valence-electron chi connectivity index (χ2n) is 6.02. The van der Waals surface area contributed by atoms with Crippen LogP contribution in [0.2, 0.25) is 0 Å². The van der Waals surface area contributed by atoms with Gasteiger partial charge < -0.3 is 15.4 Å². The van der Waals surface area contributed by atoms with E-state index in [9.17, 15) is 4.79 Å². The van der Waals surface area contributed by atoms with Gasteiger partial charge in [-0.1, -0.05) is 0 Å². The predicted molar refractivity (Wildman–Crippen MR) is 87.1 cm³/mol. The monoisotopic (exact) mass is 357 g/mol. The standard InChI is InChI=1S/C15H24BrN3O2/c1-11(19-14(20)21-15(2,3)4)5-6-17-8-12-7-13(16)10-18-9-12/h7,9-11,17H,5-6,8H2,1-4H3,(H,19,20). The van der Waals surface area contributed by atoms with Crippen LogP contribution in [0.15, 0.2) is 22.9 Å². The molecule has 2 N–H and O–H groups in total. The third kappa shape index (κ3) is 8.67. The molecule has 1 rings (SSSR count). The van der Waals surface area contributed by atoms with Gasteiger partial charge in [-0.05, 0) is 68.2 Å². The molecule has 1 aromatic rings. The van der Waals surface area contributed by atoms with Crippen molar-refractivity contribution >= 4 is 22.0 Å². The van der Waals surface area contributed by atoms with Gasteiger partial charge in [-0.25, -0.2) is 4.79 Å². The van der Waals surface area contributed by atoms with Crippen LogP contribution < -0.4 is 10.6 Å². The van der Waals surface area contributed by atoms with Gasteiger partial charge >= 0.3 is 6.09 Å². The van der Waals surface area contributed by atoms with Gasteiger partial charge in [-0.3, -0.25) is 4.98 Å². The van der Waals surface area contributed by atoms with Gasteiger partial charge in [-0.2, -0.15) is 0 Å². The van der Waals surface area contributed by atoms with Crippen molar-refractivity contribution in [3.63, 3.8) is 0 Å². The van der Waals surface area contributed by atoms with Gasteiger partial charge in [-0.15, -0.1) is 0 Å². The third-order valence-corrected chi connectivity index (χ3v) is 3.04. The van der Waals surface area contributed by atoms with E-state index < -0.39 is 5.60 Å². The van der Waals surface area contributed by atoms with Crippen molar-refractivity contribution in [1.29, 1.82) is 0 Å². The SMILES string of the molecule is CC(CCNCc1cncc(Br)c1)NC(=O)OC(C)(C)C. The number of carbonyl (C=O) groups excluding carboxylic acids is 1. The van der Waals surface area contributed by atoms with Gasteiger partial charge in [0.05, 0.1) is 0 Å². The van der Waals surface area contributed by atoms with Crippen molar-refractivity contribution in [2.45, 2.75) is 52.3 Å². The summed E-state index contributed by atoms with van der Waals surface area (Å²) in [5.74, 6) is 0. The molecule has 21 heavy (non-hydrogen) atoms. The van der Waals surface area contributed by atoms with Crippen LogP contribution >= 0.6 is 15.9 Å². The normalized spacial score (nSPS) is 12.8. The summed E-state index contributed by atoms with van der Waals surface area (Å²) in [5, 5.41) is 6.15. The van der Waals surface area contributed by atoms with Crippen molar-refractivity contribution in [3.05, 3.63) is 28.5 Å². The second kappa shape index (κ2) is 8.34. The van der Waals surface area contributed by atoms with Crippen molar-refractivity contribution < 1.29 is 9.53 Å². The number of nitrogens with zero attached hydrogens (tertiary/aromatic N) is 1. The molecule has 0 aliphatic rings. The van der Waals surface area contributed by atoms with Gasteiger partial charge in [0, 0.05) is 29.5 Å². The van der Waals surface area contributed by atoms with Crippen LogP contribution in [0.5, 0.6) is 0 Å². The van der Waals surface area contributed by atoms with Crippen LogP contribution in [-0.4, -0.2) is 29.3 Å². The molecule has 6 heteroatoms. The van der Waals surface area contributed by atoms with Crippen molar-refractivity contribution in [2.75, 3.05) is 6.54 Å². The summed E-state index contributed by atoms with van der Waals surface area (Å²) in [7, 11) is 0. The van der Waals surface area contributed by atoms with E-state index in [1.807, 2.05) is 40.0 Å². The zero-order chi connectivity index (χ0) is 15.9. The summed E-state index contributed by atoms with van der Waals surface area (Å²) in [6.45, 7) is 9.09. The molecule has 1 heterocycles. The molecular formula is C15H24BrN3O2. The fraction of sp³-hybridized carbons (Fsp3) is 0.600. The number of halogens is 1. The van der Waals surface area contributed by atoms with Crippen molar-refractivity contribution in [2.24, 2.45) is 0 Å². The Morgan fingerprint density at radius 2 is 2.14 bits per heavy atom. The number of pyridine rings is 1. The zero-order valence-electron chi connectivity index (χ0n) is 13.1. The Hall–Kier alpha value is -1.14. The molecule has 118 valence electrons. The topological polar surface area (TPSA) is 63.2 Å². The van der Waals surface area contributed by atoms with Crippen molar-refractivity contribution in [3.8, 4) is 0 Å². The summed E-state index contributed by atoms with van der Waals surface area (Å²) < 4.78 is 6.19. The van der Waals surface area contributed by atoms with Gasteiger partial charge in [0.25, 0.3) is 0 Å². The summed E-state index contributed by atoms with van der Waals surface area (Å²) in [4.78, 5) is 15.7. The summed E-state index contributed by atoms with van der Waals surface area (Å²) in [6.07, 6.45) is 4.06. The highest BCUT2D eigenvalue weighted by Crippen LogP contribution is 2.09. The molecule has 5 nitrogen and oxygen atoms in total. The highest BCUT2D eigenvalue weighted by Gasteiger charge is 2.17. The maximum Gasteiger partial charge on any atom is 0.407 e. The van der Waals surface area contributed by atoms with Crippen LogP contribution in [0.3, 0.4) is 0 Å². The minimum absolute atomic E-state index is 0.0629. The molecule has 0 aliphatic carbocycles.